The second kappa shape index (κ2) is 5.05. The van der Waals surface area contributed by atoms with Crippen LogP contribution in [0.3, 0.4) is 0 Å². The maximum Gasteiger partial charge on any atom is 0.270 e. The van der Waals surface area contributed by atoms with E-state index in [4.69, 9.17) is 0 Å². The smallest absolute Gasteiger partial charge is 0.270 e. The fourth-order valence-corrected chi connectivity index (χ4v) is 3.22. The zero-order chi connectivity index (χ0) is 15.0. The third kappa shape index (κ3) is 3.09. The summed E-state index contributed by atoms with van der Waals surface area (Å²) in [5, 5.41) is 13.9. The van der Waals surface area contributed by atoms with Crippen LogP contribution in [0.2, 0.25) is 0 Å². The number of nitro benzene ring substituents is 1. The largest absolute Gasteiger partial charge is 0.383 e. The van der Waals surface area contributed by atoms with Gasteiger partial charge < -0.3 is 5.32 Å². The molecule has 0 unspecified atom stereocenters. The van der Waals surface area contributed by atoms with Crippen molar-refractivity contribution in [1.82, 2.24) is 0 Å². The number of rotatable bonds is 5. The summed E-state index contributed by atoms with van der Waals surface area (Å²) in [6, 6.07) is 3.90. The quantitative estimate of drug-likeness (QED) is 0.666. The van der Waals surface area contributed by atoms with Crippen molar-refractivity contribution < 1.29 is 13.3 Å². The van der Waals surface area contributed by atoms with Gasteiger partial charge in [-0.25, -0.2) is 8.42 Å². The molecule has 6 nitrogen and oxygen atoms in total. The number of sulfone groups is 1. The van der Waals surface area contributed by atoms with Gasteiger partial charge in [-0.3, -0.25) is 10.1 Å². The molecule has 1 saturated carbocycles. The van der Waals surface area contributed by atoms with Crippen molar-refractivity contribution in [3.05, 3.63) is 28.3 Å². The maximum absolute atomic E-state index is 11.8. The maximum atomic E-state index is 11.8. The molecule has 0 atom stereocenters. The van der Waals surface area contributed by atoms with Gasteiger partial charge in [0.25, 0.3) is 5.69 Å². The predicted molar refractivity (Wildman–Crippen MR) is 76.7 cm³/mol. The Hall–Kier alpha value is -1.63. The lowest BCUT2D eigenvalue weighted by molar-refractivity contribution is -0.385. The van der Waals surface area contributed by atoms with Gasteiger partial charge in [0.1, 0.15) is 0 Å². The number of nitrogens with zero attached hydrogens (tertiary/aromatic N) is 1. The molecule has 1 aliphatic carbocycles. The van der Waals surface area contributed by atoms with Crippen LogP contribution in [-0.4, -0.2) is 26.1 Å². The van der Waals surface area contributed by atoms with Gasteiger partial charge in [0.15, 0.2) is 9.84 Å². The monoisotopic (exact) mass is 298 g/mol. The van der Waals surface area contributed by atoms with Gasteiger partial charge in [-0.15, -0.1) is 0 Å². The topological polar surface area (TPSA) is 89.3 Å². The number of hydrogen-bond acceptors (Lipinski definition) is 5. The van der Waals surface area contributed by atoms with E-state index in [1.165, 1.54) is 18.6 Å². The van der Waals surface area contributed by atoms with Crippen LogP contribution in [0.5, 0.6) is 0 Å². The Morgan fingerprint density at radius 2 is 2.05 bits per heavy atom. The normalized spacial score (nSPS) is 17.3. The molecule has 0 amide bonds. The average Bonchev–Trinajstić information content (AvgIpc) is 2.32. The van der Waals surface area contributed by atoms with Crippen LogP contribution < -0.4 is 5.32 Å². The second-order valence-electron chi connectivity index (χ2n) is 5.73. The summed E-state index contributed by atoms with van der Waals surface area (Å²) < 4.78 is 23.5. The van der Waals surface area contributed by atoms with E-state index in [2.05, 4.69) is 12.2 Å². The molecule has 1 fully saturated rings. The molecule has 0 saturated heterocycles. The molecule has 2 rings (SSSR count). The van der Waals surface area contributed by atoms with Crippen molar-refractivity contribution in [2.75, 3.05) is 18.1 Å². The van der Waals surface area contributed by atoms with Crippen LogP contribution in [0, 0.1) is 15.5 Å². The summed E-state index contributed by atoms with van der Waals surface area (Å²) >= 11 is 0. The van der Waals surface area contributed by atoms with Gasteiger partial charge in [0.05, 0.1) is 15.5 Å². The van der Waals surface area contributed by atoms with E-state index in [1.807, 2.05) is 0 Å². The lowest BCUT2D eigenvalue weighted by atomic mass is 9.70. The zero-order valence-corrected chi connectivity index (χ0v) is 12.4. The van der Waals surface area contributed by atoms with Crippen LogP contribution in [0.15, 0.2) is 23.1 Å². The molecular formula is C13H18N2O4S. The minimum atomic E-state index is -3.51. The summed E-state index contributed by atoms with van der Waals surface area (Å²) in [6.45, 7) is 2.82. The Morgan fingerprint density at radius 1 is 1.40 bits per heavy atom. The molecule has 20 heavy (non-hydrogen) atoms. The van der Waals surface area contributed by atoms with Crippen LogP contribution >= 0.6 is 0 Å². The Balaban J connectivity index is 2.29. The molecule has 1 aromatic rings. The first-order valence-corrected chi connectivity index (χ1v) is 8.33. The van der Waals surface area contributed by atoms with Gasteiger partial charge in [0, 0.05) is 24.9 Å². The molecule has 110 valence electrons. The molecule has 1 aromatic carbocycles. The Bertz CT molecular complexity index is 636. The van der Waals surface area contributed by atoms with Gasteiger partial charge in [-0.2, -0.15) is 0 Å². The van der Waals surface area contributed by atoms with Crippen molar-refractivity contribution in [1.29, 1.82) is 0 Å². The first-order chi connectivity index (χ1) is 9.21. The van der Waals surface area contributed by atoms with E-state index in [0.29, 0.717) is 12.2 Å². The van der Waals surface area contributed by atoms with E-state index in [0.717, 1.165) is 25.2 Å². The molecule has 0 radical (unpaired) electrons. The number of benzene rings is 1. The first-order valence-electron chi connectivity index (χ1n) is 6.44. The lowest BCUT2D eigenvalue weighted by Crippen LogP contribution is -2.33. The van der Waals surface area contributed by atoms with Gasteiger partial charge in [-0.05, 0) is 24.3 Å². The number of nitro groups is 1. The fourth-order valence-electron chi connectivity index (χ4n) is 2.34. The lowest BCUT2D eigenvalue weighted by Gasteiger charge is -2.38. The minimum absolute atomic E-state index is 0.0189. The third-order valence-electron chi connectivity index (χ3n) is 3.84. The first kappa shape index (κ1) is 14.8. The summed E-state index contributed by atoms with van der Waals surface area (Å²) in [5.41, 5.74) is 0.411. The molecule has 0 bridgehead atoms. The second-order valence-corrected chi connectivity index (χ2v) is 7.71. The van der Waals surface area contributed by atoms with Crippen molar-refractivity contribution in [2.45, 2.75) is 31.1 Å². The van der Waals surface area contributed by atoms with Crippen molar-refractivity contribution in [3.8, 4) is 0 Å². The van der Waals surface area contributed by atoms with Gasteiger partial charge in [0.2, 0.25) is 0 Å². The Labute approximate surface area is 118 Å². The summed E-state index contributed by atoms with van der Waals surface area (Å²) in [4.78, 5) is 10.1. The molecule has 0 heterocycles. The number of non-ortho nitro benzene ring substituents is 1. The highest BCUT2D eigenvalue weighted by molar-refractivity contribution is 7.90. The van der Waals surface area contributed by atoms with Crippen molar-refractivity contribution in [2.24, 2.45) is 5.41 Å². The highest BCUT2D eigenvalue weighted by atomic mass is 32.2. The van der Waals surface area contributed by atoms with E-state index in [9.17, 15) is 18.5 Å². The molecule has 0 aliphatic heterocycles. The van der Waals surface area contributed by atoms with Crippen LogP contribution in [0.1, 0.15) is 26.2 Å². The minimum Gasteiger partial charge on any atom is -0.383 e. The molecule has 1 N–H and O–H groups in total. The number of anilines is 1. The summed E-state index contributed by atoms with van der Waals surface area (Å²) in [7, 11) is -3.51. The molecule has 0 spiro atoms. The molecule has 7 heteroatoms. The van der Waals surface area contributed by atoms with E-state index in [1.54, 1.807) is 0 Å². The van der Waals surface area contributed by atoms with Crippen LogP contribution in [-0.2, 0) is 9.84 Å². The number of hydrogen-bond donors (Lipinski definition) is 1. The number of nitrogens with one attached hydrogen (secondary N) is 1. The van der Waals surface area contributed by atoms with E-state index < -0.39 is 14.8 Å². The Kier molecular flexibility index (Phi) is 3.73. The zero-order valence-electron chi connectivity index (χ0n) is 11.5. The van der Waals surface area contributed by atoms with Crippen molar-refractivity contribution in [3.63, 3.8) is 0 Å². The van der Waals surface area contributed by atoms with E-state index >= 15 is 0 Å². The standard InChI is InChI=1S/C13H18N2O4S/c1-13(6-3-7-13)9-14-11-5-4-10(15(16)17)8-12(11)20(2,18)19/h4-5,8,14H,3,6-7,9H2,1-2H3. The predicted octanol–water partition coefficient (Wildman–Crippen LogP) is 2.60. The molecule has 0 aromatic heterocycles. The van der Waals surface area contributed by atoms with Crippen LogP contribution in [0.4, 0.5) is 11.4 Å². The Morgan fingerprint density at radius 3 is 2.50 bits per heavy atom. The SMILES string of the molecule is CC1(CNc2ccc([N+](=O)[O-])cc2S(C)(=O)=O)CCC1. The van der Waals surface area contributed by atoms with E-state index in [-0.39, 0.29) is 16.0 Å². The van der Waals surface area contributed by atoms with Crippen LogP contribution in [0.25, 0.3) is 0 Å². The highest BCUT2D eigenvalue weighted by Crippen LogP contribution is 2.40. The highest BCUT2D eigenvalue weighted by Gasteiger charge is 2.31. The summed E-state index contributed by atoms with van der Waals surface area (Å²) in [5.74, 6) is 0. The molecular weight excluding hydrogens is 280 g/mol. The van der Waals surface area contributed by atoms with Crippen molar-refractivity contribution >= 4 is 21.2 Å². The molecule has 1 aliphatic rings. The third-order valence-corrected chi connectivity index (χ3v) is 4.98. The fraction of sp³-hybridized carbons (Fsp3) is 0.538. The van der Waals surface area contributed by atoms with Gasteiger partial charge in [-0.1, -0.05) is 13.3 Å². The van der Waals surface area contributed by atoms with Gasteiger partial charge >= 0.3 is 0 Å². The summed E-state index contributed by atoms with van der Waals surface area (Å²) in [6.07, 6.45) is 4.47. The average molecular weight is 298 g/mol.